The number of amides is 1. The smallest absolute Gasteiger partial charge is 0.387 e. The van der Waals surface area contributed by atoms with Gasteiger partial charge in [-0.25, -0.2) is 13.8 Å². The molecule has 1 fully saturated rings. The van der Waals surface area contributed by atoms with Crippen LogP contribution in [-0.2, 0) is 14.6 Å². The number of nitrogens with one attached hydrogen (secondary N) is 1. The number of carbonyl (C=O) groups excluding carboxylic acids is 1. The van der Waals surface area contributed by atoms with Crippen LogP contribution in [0.4, 0.5) is 8.78 Å². The zero-order valence-corrected chi connectivity index (χ0v) is 14.3. The zero-order valence-electron chi connectivity index (χ0n) is 13.4. The number of hydrazone groups is 1. The Bertz CT molecular complexity index is 752. The summed E-state index contributed by atoms with van der Waals surface area (Å²) in [5, 5.41) is 3.74. The van der Waals surface area contributed by atoms with E-state index in [0.717, 1.165) is 0 Å². The van der Waals surface area contributed by atoms with Crippen LogP contribution >= 0.6 is 0 Å². The molecule has 1 heterocycles. The Morgan fingerprint density at radius 2 is 2.20 bits per heavy atom. The van der Waals surface area contributed by atoms with Crippen LogP contribution in [0.1, 0.15) is 18.4 Å². The average molecular weight is 376 g/mol. The van der Waals surface area contributed by atoms with Gasteiger partial charge in [0.1, 0.15) is 0 Å². The molecular weight excluding hydrogens is 358 g/mol. The number of halogens is 2. The summed E-state index contributed by atoms with van der Waals surface area (Å²) in [4.78, 5) is 11.7. The van der Waals surface area contributed by atoms with Crippen molar-refractivity contribution in [3.05, 3.63) is 23.8 Å². The number of alkyl halides is 2. The lowest BCUT2D eigenvalue weighted by atomic mass is 10.1. The zero-order chi connectivity index (χ0) is 18.4. The molecule has 1 amide bonds. The maximum atomic E-state index is 12.4. The summed E-state index contributed by atoms with van der Waals surface area (Å²) >= 11 is 0. The van der Waals surface area contributed by atoms with Gasteiger partial charge in [0, 0.05) is 6.42 Å². The molecule has 0 saturated carbocycles. The first kappa shape index (κ1) is 19.1. The van der Waals surface area contributed by atoms with Crippen molar-refractivity contribution in [1.29, 1.82) is 0 Å². The number of benzene rings is 1. The van der Waals surface area contributed by atoms with E-state index in [1.807, 2.05) is 0 Å². The van der Waals surface area contributed by atoms with Gasteiger partial charge in [-0.2, -0.15) is 13.9 Å². The topological polar surface area (TPSA) is 94.1 Å². The Morgan fingerprint density at radius 1 is 1.44 bits per heavy atom. The van der Waals surface area contributed by atoms with Gasteiger partial charge in [0.05, 0.1) is 24.8 Å². The Morgan fingerprint density at radius 3 is 2.80 bits per heavy atom. The summed E-state index contributed by atoms with van der Waals surface area (Å²) in [7, 11) is -1.71. The van der Waals surface area contributed by atoms with Crippen LogP contribution in [0.3, 0.4) is 0 Å². The van der Waals surface area contributed by atoms with Gasteiger partial charge in [-0.15, -0.1) is 0 Å². The van der Waals surface area contributed by atoms with Crippen LogP contribution in [0.15, 0.2) is 23.3 Å². The molecule has 2 rings (SSSR count). The Hall–Kier alpha value is -2.23. The van der Waals surface area contributed by atoms with Crippen molar-refractivity contribution in [2.24, 2.45) is 11.0 Å². The number of hydrogen-bond donors (Lipinski definition) is 1. The normalized spacial score (nSPS) is 19.3. The fourth-order valence-corrected chi connectivity index (χ4v) is 4.34. The van der Waals surface area contributed by atoms with E-state index in [1.165, 1.54) is 25.5 Å². The van der Waals surface area contributed by atoms with Gasteiger partial charge >= 0.3 is 6.61 Å². The number of nitrogens with zero attached hydrogens (tertiary/aromatic N) is 1. The summed E-state index contributed by atoms with van der Waals surface area (Å²) in [5.41, 5.74) is 2.71. The Kier molecular flexibility index (Phi) is 6.29. The highest BCUT2D eigenvalue weighted by Gasteiger charge is 2.29. The second-order valence-corrected chi connectivity index (χ2v) is 7.78. The molecule has 1 N–H and O–H groups in total. The van der Waals surface area contributed by atoms with Crippen LogP contribution in [-0.4, -0.2) is 45.8 Å². The lowest BCUT2D eigenvalue weighted by molar-refractivity contribution is -0.121. The fraction of sp³-hybridized carbons (Fsp3) is 0.467. The second-order valence-electron chi connectivity index (χ2n) is 5.56. The third-order valence-corrected chi connectivity index (χ3v) is 5.44. The van der Waals surface area contributed by atoms with Gasteiger partial charge in [-0.05, 0) is 36.1 Å². The molecule has 1 aromatic carbocycles. The molecule has 1 atom stereocenters. The monoisotopic (exact) mass is 376 g/mol. The highest BCUT2D eigenvalue weighted by atomic mass is 32.2. The quantitative estimate of drug-likeness (QED) is 0.576. The van der Waals surface area contributed by atoms with Gasteiger partial charge in [0.2, 0.25) is 5.91 Å². The predicted octanol–water partition coefficient (Wildman–Crippen LogP) is 1.57. The predicted molar refractivity (Wildman–Crippen MR) is 86.7 cm³/mol. The molecule has 7 nitrogen and oxygen atoms in total. The van der Waals surface area contributed by atoms with Crippen LogP contribution in [0.2, 0.25) is 0 Å². The third-order valence-electron chi connectivity index (χ3n) is 3.61. The fourth-order valence-electron chi connectivity index (χ4n) is 2.48. The standard InChI is InChI=1S/C15H18F2N2O5S/c1-23-12-3-2-10(6-13(12)24-15(16)17)8-18-19-14(20)7-11-4-5-25(21,22)9-11/h2-3,6,8,11,15H,4-5,7,9H2,1H3,(H,19,20)/b18-8-/t11-/m0/s1. The van der Waals surface area contributed by atoms with Crippen LogP contribution in [0.25, 0.3) is 0 Å². The Balaban J connectivity index is 1.91. The molecule has 25 heavy (non-hydrogen) atoms. The molecule has 10 heteroatoms. The average Bonchev–Trinajstić information content (AvgIpc) is 2.85. The van der Waals surface area contributed by atoms with E-state index in [1.54, 1.807) is 6.07 Å². The maximum absolute atomic E-state index is 12.4. The summed E-state index contributed by atoms with van der Waals surface area (Å²) < 4.78 is 56.7. The first-order valence-electron chi connectivity index (χ1n) is 7.44. The molecule has 0 unspecified atom stereocenters. The summed E-state index contributed by atoms with van der Waals surface area (Å²) in [6.45, 7) is -3.00. The minimum atomic E-state index is -3.03. The summed E-state index contributed by atoms with van der Waals surface area (Å²) in [6, 6.07) is 4.28. The van der Waals surface area contributed by atoms with Crippen molar-refractivity contribution < 1.29 is 31.5 Å². The molecule has 1 aromatic rings. The van der Waals surface area contributed by atoms with Crippen LogP contribution < -0.4 is 14.9 Å². The number of methoxy groups -OCH3 is 1. The van der Waals surface area contributed by atoms with Crippen molar-refractivity contribution in [3.63, 3.8) is 0 Å². The van der Waals surface area contributed by atoms with E-state index >= 15 is 0 Å². The minimum absolute atomic E-state index is 0.0109. The van der Waals surface area contributed by atoms with Gasteiger partial charge in [0.15, 0.2) is 21.3 Å². The number of ether oxygens (including phenoxy) is 2. The molecule has 0 aromatic heterocycles. The summed E-state index contributed by atoms with van der Waals surface area (Å²) in [6.07, 6.45) is 1.80. The molecule has 0 spiro atoms. The van der Waals surface area contributed by atoms with Gasteiger partial charge in [-0.3, -0.25) is 4.79 Å². The van der Waals surface area contributed by atoms with Crippen molar-refractivity contribution in [3.8, 4) is 11.5 Å². The molecule has 1 saturated heterocycles. The van der Waals surface area contributed by atoms with E-state index in [9.17, 15) is 22.0 Å². The van der Waals surface area contributed by atoms with E-state index in [4.69, 9.17) is 4.74 Å². The Labute approximate surface area is 143 Å². The van der Waals surface area contributed by atoms with Crippen LogP contribution in [0, 0.1) is 5.92 Å². The van der Waals surface area contributed by atoms with Gasteiger partial charge < -0.3 is 9.47 Å². The lowest BCUT2D eigenvalue weighted by Gasteiger charge is -2.10. The lowest BCUT2D eigenvalue weighted by Crippen LogP contribution is -2.21. The van der Waals surface area contributed by atoms with Crippen molar-refractivity contribution >= 4 is 22.0 Å². The molecule has 0 radical (unpaired) electrons. The van der Waals surface area contributed by atoms with Gasteiger partial charge in [-0.1, -0.05) is 0 Å². The number of rotatable bonds is 7. The van der Waals surface area contributed by atoms with E-state index in [-0.39, 0.29) is 35.3 Å². The molecule has 138 valence electrons. The molecule has 1 aliphatic heterocycles. The van der Waals surface area contributed by atoms with E-state index in [2.05, 4.69) is 15.3 Å². The van der Waals surface area contributed by atoms with E-state index in [0.29, 0.717) is 12.0 Å². The van der Waals surface area contributed by atoms with Crippen molar-refractivity contribution in [2.45, 2.75) is 19.5 Å². The van der Waals surface area contributed by atoms with E-state index < -0.39 is 22.4 Å². The molecular formula is C15H18F2N2O5S. The number of carbonyl (C=O) groups is 1. The molecule has 0 bridgehead atoms. The number of hydrogen-bond acceptors (Lipinski definition) is 6. The van der Waals surface area contributed by atoms with Crippen LogP contribution in [0.5, 0.6) is 11.5 Å². The van der Waals surface area contributed by atoms with Crippen molar-refractivity contribution in [1.82, 2.24) is 5.43 Å². The first-order chi connectivity index (χ1) is 11.8. The van der Waals surface area contributed by atoms with Crippen molar-refractivity contribution in [2.75, 3.05) is 18.6 Å². The first-order valence-corrected chi connectivity index (χ1v) is 9.26. The minimum Gasteiger partial charge on any atom is -0.493 e. The van der Waals surface area contributed by atoms with Gasteiger partial charge in [0.25, 0.3) is 0 Å². The highest BCUT2D eigenvalue weighted by Crippen LogP contribution is 2.29. The largest absolute Gasteiger partial charge is 0.493 e. The SMILES string of the molecule is COc1ccc(/C=N\NC(=O)C[C@@H]2CCS(=O)(=O)C2)cc1OC(F)F. The summed E-state index contributed by atoms with van der Waals surface area (Å²) in [5.74, 6) is -0.500. The number of sulfone groups is 1. The highest BCUT2D eigenvalue weighted by molar-refractivity contribution is 7.91. The second kappa shape index (κ2) is 8.24. The molecule has 1 aliphatic rings. The maximum Gasteiger partial charge on any atom is 0.387 e. The third kappa shape index (κ3) is 5.96. The molecule has 0 aliphatic carbocycles.